The summed E-state index contributed by atoms with van der Waals surface area (Å²) in [7, 11) is 1.64. The Morgan fingerprint density at radius 1 is 1.06 bits per heavy atom. The number of nitrogens with two attached hydrogens (primary N) is 1. The van der Waals surface area contributed by atoms with Crippen molar-refractivity contribution in [2.24, 2.45) is 5.73 Å². The number of rotatable bonds is 9. The first-order valence-corrected chi connectivity index (χ1v) is 11.8. The molecule has 1 atom stereocenters. The molecule has 3 heterocycles. The van der Waals surface area contributed by atoms with E-state index >= 15 is 0 Å². The van der Waals surface area contributed by atoms with Crippen LogP contribution in [-0.2, 0) is 15.9 Å². The topological polar surface area (TPSA) is 110 Å². The number of nitrogens with one attached hydrogen (secondary N) is 2. The van der Waals surface area contributed by atoms with Crippen molar-refractivity contribution in [3.8, 4) is 11.1 Å². The van der Waals surface area contributed by atoms with Crippen LogP contribution in [-0.4, -0.2) is 43.4 Å². The third-order valence-corrected chi connectivity index (χ3v) is 7.14. The Balaban J connectivity index is 1.85. The average Bonchev–Trinajstić information content (AvgIpc) is 3.24. The highest BCUT2D eigenvalue weighted by atomic mass is 32.1. The second kappa shape index (κ2) is 10.0. The molecule has 1 aromatic carbocycles. The molecule has 33 heavy (non-hydrogen) atoms. The Morgan fingerprint density at radius 2 is 1.82 bits per heavy atom. The summed E-state index contributed by atoms with van der Waals surface area (Å²) in [4.78, 5) is 32.9. The molecule has 8 heteroatoms. The Hall–Kier alpha value is -2.78. The number of methoxy groups -OCH3 is 1. The van der Waals surface area contributed by atoms with Crippen molar-refractivity contribution in [1.82, 2.24) is 9.97 Å². The molecular formula is C25H29N3O4S. The number of fused-ring (bicyclic) bond motifs is 3. The number of benzene rings is 1. The zero-order valence-corrected chi connectivity index (χ0v) is 19.9. The van der Waals surface area contributed by atoms with Crippen LogP contribution in [0.4, 0.5) is 0 Å². The second-order valence-corrected chi connectivity index (χ2v) is 9.36. The van der Waals surface area contributed by atoms with E-state index in [1.54, 1.807) is 14.0 Å². The Bertz CT molecular complexity index is 1390. The van der Waals surface area contributed by atoms with Crippen LogP contribution in [0.3, 0.4) is 0 Å². The first-order valence-electron chi connectivity index (χ1n) is 11.0. The van der Waals surface area contributed by atoms with Crippen molar-refractivity contribution in [3.05, 3.63) is 67.2 Å². The average molecular weight is 468 g/mol. The van der Waals surface area contributed by atoms with E-state index in [-0.39, 0.29) is 17.0 Å². The van der Waals surface area contributed by atoms with Gasteiger partial charge in [-0.2, -0.15) is 0 Å². The highest BCUT2D eigenvalue weighted by Crippen LogP contribution is 2.35. The van der Waals surface area contributed by atoms with E-state index in [0.717, 1.165) is 26.8 Å². The fraction of sp³-hybridized carbons (Fsp3) is 0.360. The van der Waals surface area contributed by atoms with Crippen LogP contribution in [0.25, 0.3) is 32.1 Å². The molecule has 0 radical (unpaired) electrons. The van der Waals surface area contributed by atoms with Crippen molar-refractivity contribution >= 4 is 32.3 Å². The van der Waals surface area contributed by atoms with Gasteiger partial charge in [-0.25, -0.2) is 0 Å². The second-order valence-electron chi connectivity index (χ2n) is 8.23. The molecule has 4 aromatic rings. The molecule has 7 nitrogen and oxygen atoms in total. The van der Waals surface area contributed by atoms with Gasteiger partial charge in [-0.05, 0) is 36.6 Å². The Labute approximate surface area is 195 Å². The van der Waals surface area contributed by atoms with E-state index in [1.807, 2.05) is 30.3 Å². The molecule has 0 bridgehead atoms. The minimum absolute atomic E-state index is 0.151. The van der Waals surface area contributed by atoms with Gasteiger partial charge in [-0.3, -0.25) is 9.59 Å². The standard InChI is InChI=1S/C25H29N3O4S/c1-14(13-26)16-4-6-17(7-5-16)20-21-19-12-18(8-9-32-11-10-31-3)33-23(19)25(30)28-22(21)15(2)27-24(20)29/h4-7,12,14H,8-11,13,26H2,1-3H3,(H,27,29)(H,28,30). The Kier molecular flexibility index (Phi) is 7.09. The van der Waals surface area contributed by atoms with Crippen LogP contribution < -0.4 is 16.9 Å². The van der Waals surface area contributed by atoms with Gasteiger partial charge in [0.25, 0.3) is 11.1 Å². The number of ether oxygens (including phenoxy) is 2. The summed E-state index contributed by atoms with van der Waals surface area (Å²) < 4.78 is 11.2. The van der Waals surface area contributed by atoms with Crippen LogP contribution in [0.15, 0.2) is 39.9 Å². The zero-order valence-electron chi connectivity index (χ0n) is 19.1. The molecule has 0 amide bonds. The lowest BCUT2D eigenvalue weighted by atomic mass is 9.95. The van der Waals surface area contributed by atoms with Crippen molar-refractivity contribution in [2.45, 2.75) is 26.2 Å². The molecule has 0 saturated carbocycles. The number of pyridine rings is 2. The molecule has 4 rings (SSSR count). The fourth-order valence-electron chi connectivity index (χ4n) is 4.04. The first-order chi connectivity index (χ1) is 15.9. The normalized spacial score (nSPS) is 12.6. The number of hydrogen-bond acceptors (Lipinski definition) is 6. The van der Waals surface area contributed by atoms with Gasteiger partial charge in [-0.15, -0.1) is 11.3 Å². The molecule has 0 fully saturated rings. The first kappa shape index (κ1) is 23.4. The van der Waals surface area contributed by atoms with Crippen LogP contribution in [0.2, 0.25) is 0 Å². The van der Waals surface area contributed by atoms with Gasteiger partial charge in [0.05, 0.1) is 30.9 Å². The molecule has 0 aliphatic heterocycles. The van der Waals surface area contributed by atoms with E-state index in [2.05, 4.69) is 16.9 Å². The zero-order chi connectivity index (χ0) is 23.5. The Morgan fingerprint density at radius 3 is 2.52 bits per heavy atom. The van der Waals surface area contributed by atoms with Gasteiger partial charge in [0, 0.05) is 34.9 Å². The van der Waals surface area contributed by atoms with Gasteiger partial charge in [0.2, 0.25) is 0 Å². The van der Waals surface area contributed by atoms with Crippen LogP contribution in [0.5, 0.6) is 0 Å². The third-order valence-electron chi connectivity index (χ3n) is 5.95. The number of aromatic nitrogens is 2. The van der Waals surface area contributed by atoms with E-state index in [0.29, 0.717) is 54.3 Å². The van der Waals surface area contributed by atoms with E-state index in [4.69, 9.17) is 15.2 Å². The quantitative estimate of drug-likeness (QED) is 0.325. The summed E-state index contributed by atoms with van der Waals surface area (Å²) in [6.07, 6.45) is 0.688. The predicted molar refractivity (Wildman–Crippen MR) is 135 cm³/mol. The number of aryl methyl sites for hydroxylation is 1. The van der Waals surface area contributed by atoms with Gasteiger partial charge in [0.15, 0.2) is 0 Å². The van der Waals surface area contributed by atoms with E-state index in [1.165, 1.54) is 11.3 Å². The molecule has 3 aromatic heterocycles. The number of thiophene rings is 1. The maximum absolute atomic E-state index is 13.1. The van der Waals surface area contributed by atoms with E-state index < -0.39 is 0 Å². The largest absolute Gasteiger partial charge is 0.382 e. The molecule has 0 spiro atoms. The summed E-state index contributed by atoms with van der Waals surface area (Å²) >= 11 is 1.45. The summed E-state index contributed by atoms with van der Waals surface area (Å²) in [5.41, 5.74) is 9.26. The maximum Gasteiger partial charge on any atom is 0.266 e. The number of H-pyrrole nitrogens is 2. The molecule has 1 unspecified atom stereocenters. The van der Waals surface area contributed by atoms with Gasteiger partial charge >= 0.3 is 0 Å². The monoisotopic (exact) mass is 467 g/mol. The SMILES string of the molecule is COCCOCCc1cc2c(s1)c(=O)[nH]c1c(C)[nH]c(=O)c(-c3ccc(C(C)CN)cc3)c12. The van der Waals surface area contributed by atoms with Crippen molar-refractivity contribution < 1.29 is 9.47 Å². The molecule has 174 valence electrons. The minimum atomic E-state index is -0.177. The lowest BCUT2D eigenvalue weighted by molar-refractivity contribution is 0.0725. The minimum Gasteiger partial charge on any atom is -0.382 e. The lowest BCUT2D eigenvalue weighted by Crippen LogP contribution is -2.15. The summed E-state index contributed by atoms with van der Waals surface area (Å²) in [5, 5.41) is 1.57. The molecule has 4 N–H and O–H groups in total. The van der Waals surface area contributed by atoms with Gasteiger partial charge in [0.1, 0.15) is 4.70 Å². The van der Waals surface area contributed by atoms with Gasteiger partial charge in [-0.1, -0.05) is 31.2 Å². The van der Waals surface area contributed by atoms with Crippen molar-refractivity contribution in [1.29, 1.82) is 0 Å². The maximum atomic E-state index is 13.1. The summed E-state index contributed by atoms with van der Waals surface area (Å²) in [6.45, 7) is 6.05. The third kappa shape index (κ3) is 4.65. The fourth-order valence-corrected chi connectivity index (χ4v) is 5.08. The van der Waals surface area contributed by atoms with Crippen molar-refractivity contribution in [3.63, 3.8) is 0 Å². The smallest absolute Gasteiger partial charge is 0.266 e. The van der Waals surface area contributed by atoms with Crippen LogP contribution in [0, 0.1) is 6.92 Å². The lowest BCUT2D eigenvalue weighted by Gasteiger charge is -2.12. The summed E-state index contributed by atoms with van der Waals surface area (Å²) in [5.74, 6) is 0.237. The molecule has 0 aliphatic rings. The summed E-state index contributed by atoms with van der Waals surface area (Å²) in [6, 6.07) is 9.95. The molecule has 0 saturated heterocycles. The number of hydrogen-bond donors (Lipinski definition) is 3. The molecular weight excluding hydrogens is 438 g/mol. The predicted octanol–water partition coefficient (Wildman–Crippen LogP) is 3.67. The highest BCUT2D eigenvalue weighted by molar-refractivity contribution is 7.19. The van der Waals surface area contributed by atoms with Gasteiger partial charge < -0.3 is 25.2 Å². The van der Waals surface area contributed by atoms with E-state index in [9.17, 15) is 9.59 Å². The van der Waals surface area contributed by atoms with Crippen LogP contribution >= 0.6 is 11.3 Å². The van der Waals surface area contributed by atoms with Crippen LogP contribution in [0.1, 0.15) is 29.0 Å². The molecule has 0 aliphatic carbocycles. The van der Waals surface area contributed by atoms with Crippen molar-refractivity contribution in [2.75, 3.05) is 33.5 Å². The highest BCUT2D eigenvalue weighted by Gasteiger charge is 2.18. The number of aromatic amines is 2.